The van der Waals surface area contributed by atoms with Crippen molar-refractivity contribution in [3.05, 3.63) is 0 Å². The largest absolute Gasteiger partial charge is 0.0651 e. The Morgan fingerprint density at radius 1 is 0.521 bits per heavy atom. The van der Waals surface area contributed by atoms with Crippen LogP contribution in [-0.2, 0) is 0 Å². The van der Waals surface area contributed by atoms with Crippen molar-refractivity contribution in [1.29, 1.82) is 0 Å². The number of hydrogen-bond donors (Lipinski definition) is 0. The Labute approximate surface area is 300 Å². The molecule has 0 heteroatoms. The zero-order chi connectivity index (χ0) is 33.5. The molecule has 1 spiro atoms. The van der Waals surface area contributed by atoms with E-state index in [0.29, 0.717) is 10.8 Å². The van der Waals surface area contributed by atoms with Gasteiger partial charge >= 0.3 is 0 Å². The van der Waals surface area contributed by atoms with Crippen LogP contribution in [0.4, 0.5) is 0 Å². The zero-order valence-corrected chi connectivity index (χ0v) is 33.5. The first-order valence-electron chi connectivity index (χ1n) is 23.2. The zero-order valence-electron chi connectivity index (χ0n) is 33.5. The average Bonchev–Trinajstić information content (AvgIpc) is 3.47. The topological polar surface area (TPSA) is 0 Å². The van der Waals surface area contributed by atoms with Crippen LogP contribution in [0.5, 0.6) is 0 Å². The minimum Gasteiger partial charge on any atom is -0.0651 e. The lowest BCUT2D eigenvalue weighted by Crippen LogP contribution is -2.51. The maximum atomic E-state index is 2.85. The molecule has 0 bridgehead atoms. The van der Waals surface area contributed by atoms with Crippen LogP contribution in [0.3, 0.4) is 0 Å². The van der Waals surface area contributed by atoms with E-state index in [9.17, 15) is 0 Å². The van der Waals surface area contributed by atoms with E-state index < -0.39 is 0 Å². The molecule has 8 rings (SSSR count). The Bertz CT molecular complexity index is 1070. The summed E-state index contributed by atoms with van der Waals surface area (Å²) in [6.45, 7) is 21.4. The molecule has 0 amide bonds. The molecular weight excluding hydrogens is 577 g/mol. The van der Waals surface area contributed by atoms with Gasteiger partial charge in [0.05, 0.1) is 0 Å². The summed E-state index contributed by atoms with van der Waals surface area (Å²) in [6, 6.07) is 0. The lowest BCUT2D eigenvalue weighted by atomic mass is 9.46. The highest BCUT2D eigenvalue weighted by atomic mass is 14.8. The molecule has 8 fully saturated rings. The van der Waals surface area contributed by atoms with Gasteiger partial charge in [0.2, 0.25) is 0 Å². The van der Waals surface area contributed by atoms with Gasteiger partial charge in [0.25, 0.3) is 0 Å². The quantitative estimate of drug-likeness (QED) is 0.255. The van der Waals surface area contributed by atoms with Crippen LogP contribution in [0, 0.1) is 117 Å². The fourth-order valence-corrected chi connectivity index (χ4v) is 18.4. The molecule has 0 aromatic rings. The summed E-state index contributed by atoms with van der Waals surface area (Å²) in [5, 5.41) is 0. The molecular formula is C48H82. The first-order chi connectivity index (χ1) is 23.2. The standard InChI is InChI=1S/C48H82/c1-9-30(10-2)36-21-37(31(11-3)12-4)28-48(27-36)42-25-35-20-16-14-18-33(35)23-40(42)45-44-39-22-32-17-13-15-19-34(32)24-41(39)47(7,8)43(44)26-38(29(5)6)46(45)48/h29-46H,9-28H2,1-8H3. The molecule has 0 heterocycles. The Balaban J connectivity index is 1.27. The lowest BCUT2D eigenvalue weighted by molar-refractivity contribution is -0.0969. The summed E-state index contributed by atoms with van der Waals surface area (Å²) in [7, 11) is 0. The fourth-order valence-electron chi connectivity index (χ4n) is 18.4. The van der Waals surface area contributed by atoms with Crippen molar-refractivity contribution in [2.24, 2.45) is 117 Å². The highest BCUT2D eigenvalue weighted by molar-refractivity contribution is 5.21. The van der Waals surface area contributed by atoms with Gasteiger partial charge in [-0.1, -0.05) is 132 Å². The molecule has 0 aromatic carbocycles. The van der Waals surface area contributed by atoms with Crippen molar-refractivity contribution in [3.63, 3.8) is 0 Å². The number of fused-ring (bicyclic) bond motifs is 11. The summed E-state index contributed by atoms with van der Waals surface area (Å²) in [6.07, 6.45) is 31.3. The van der Waals surface area contributed by atoms with Gasteiger partial charge < -0.3 is 0 Å². The van der Waals surface area contributed by atoms with E-state index in [1.165, 1.54) is 32.1 Å². The minimum atomic E-state index is 0.561. The lowest BCUT2D eigenvalue weighted by Gasteiger charge is -2.58. The van der Waals surface area contributed by atoms with Gasteiger partial charge in [0, 0.05) is 0 Å². The second kappa shape index (κ2) is 13.4. The smallest absolute Gasteiger partial charge is 0.0227 e. The van der Waals surface area contributed by atoms with Crippen molar-refractivity contribution in [1.82, 2.24) is 0 Å². The third-order valence-electron chi connectivity index (χ3n) is 20.2. The predicted molar refractivity (Wildman–Crippen MR) is 205 cm³/mol. The van der Waals surface area contributed by atoms with Crippen LogP contribution >= 0.6 is 0 Å². The monoisotopic (exact) mass is 659 g/mol. The Hall–Kier alpha value is 0. The molecule has 48 heavy (non-hydrogen) atoms. The van der Waals surface area contributed by atoms with E-state index >= 15 is 0 Å². The van der Waals surface area contributed by atoms with Gasteiger partial charge in [0.1, 0.15) is 0 Å². The second-order valence-corrected chi connectivity index (χ2v) is 21.9. The molecule has 0 N–H and O–H groups in total. The van der Waals surface area contributed by atoms with E-state index in [2.05, 4.69) is 55.4 Å². The predicted octanol–water partition coefficient (Wildman–Crippen LogP) is 14.1. The van der Waals surface area contributed by atoms with E-state index in [4.69, 9.17) is 0 Å². The molecule has 0 radical (unpaired) electrons. The van der Waals surface area contributed by atoms with E-state index in [1.807, 2.05) is 0 Å². The average molecular weight is 659 g/mol. The first-order valence-corrected chi connectivity index (χ1v) is 23.2. The van der Waals surface area contributed by atoms with Gasteiger partial charge in [-0.25, -0.2) is 0 Å². The third-order valence-corrected chi connectivity index (χ3v) is 20.2. The number of rotatable bonds is 7. The van der Waals surface area contributed by atoms with Crippen molar-refractivity contribution < 1.29 is 0 Å². The van der Waals surface area contributed by atoms with Crippen LogP contribution in [-0.4, -0.2) is 0 Å². The van der Waals surface area contributed by atoms with E-state index in [1.54, 1.807) is 96.3 Å². The summed E-state index contributed by atoms with van der Waals surface area (Å²) in [5.41, 5.74) is 1.21. The van der Waals surface area contributed by atoms with Gasteiger partial charge in [0.15, 0.2) is 0 Å². The van der Waals surface area contributed by atoms with Crippen molar-refractivity contribution in [2.45, 2.75) is 184 Å². The number of hydrogen-bond acceptors (Lipinski definition) is 0. The molecule has 274 valence electrons. The summed E-state index contributed by atoms with van der Waals surface area (Å²) in [5.74, 6) is 18.5. The van der Waals surface area contributed by atoms with Gasteiger partial charge in [-0.2, -0.15) is 0 Å². The summed E-state index contributed by atoms with van der Waals surface area (Å²) in [4.78, 5) is 0. The van der Waals surface area contributed by atoms with Crippen molar-refractivity contribution in [3.8, 4) is 0 Å². The molecule has 0 saturated heterocycles. The van der Waals surface area contributed by atoms with Crippen LogP contribution < -0.4 is 0 Å². The summed E-state index contributed by atoms with van der Waals surface area (Å²) < 4.78 is 0. The Kier molecular flexibility index (Phi) is 9.82. The maximum Gasteiger partial charge on any atom is -0.0227 e. The van der Waals surface area contributed by atoms with Crippen molar-refractivity contribution in [2.75, 3.05) is 0 Å². The minimum absolute atomic E-state index is 0.561. The third kappa shape index (κ3) is 5.35. The van der Waals surface area contributed by atoms with Crippen LogP contribution in [0.15, 0.2) is 0 Å². The fraction of sp³-hybridized carbons (Fsp3) is 1.00. The molecule has 8 saturated carbocycles. The molecule has 0 aromatic heterocycles. The highest BCUT2D eigenvalue weighted by Crippen LogP contribution is 2.79. The van der Waals surface area contributed by atoms with Crippen molar-refractivity contribution >= 4 is 0 Å². The van der Waals surface area contributed by atoms with E-state index in [-0.39, 0.29) is 0 Å². The molecule has 15 atom stereocenters. The molecule has 8 aliphatic carbocycles. The van der Waals surface area contributed by atoms with Crippen LogP contribution in [0.2, 0.25) is 0 Å². The van der Waals surface area contributed by atoms with E-state index in [0.717, 1.165) is 107 Å². The SMILES string of the molecule is CCC(CC)C1CC(C(CC)CC)CC2(C1)C1CC3CCCCC3CC1C1C3C4CC5CCCCC5CC4C(C)(C)C3CC(C(C)C)C12. The summed E-state index contributed by atoms with van der Waals surface area (Å²) >= 11 is 0. The molecule has 15 unspecified atom stereocenters. The molecule has 0 nitrogen and oxygen atoms in total. The highest BCUT2D eigenvalue weighted by Gasteiger charge is 2.73. The van der Waals surface area contributed by atoms with Gasteiger partial charge in [-0.15, -0.1) is 0 Å². The van der Waals surface area contributed by atoms with Crippen LogP contribution in [0.1, 0.15) is 184 Å². The maximum absolute atomic E-state index is 2.85. The Morgan fingerprint density at radius 3 is 1.46 bits per heavy atom. The van der Waals surface area contributed by atoms with Gasteiger partial charge in [-0.3, -0.25) is 0 Å². The Morgan fingerprint density at radius 2 is 0.979 bits per heavy atom. The second-order valence-electron chi connectivity index (χ2n) is 21.9. The first kappa shape index (κ1) is 35.1. The molecule has 0 aliphatic heterocycles. The normalized spacial score (nSPS) is 50.9. The van der Waals surface area contributed by atoms with Crippen LogP contribution in [0.25, 0.3) is 0 Å². The van der Waals surface area contributed by atoms with Gasteiger partial charge in [-0.05, 0) is 169 Å². The molecule has 8 aliphatic rings.